The molecule has 0 unspecified atom stereocenters. The maximum absolute atomic E-state index is 12.1. The summed E-state index contributed by atoms with van der Waals surface area (Å²) in [5, 5.41) is 11.9. The minimum absolute atomic E-state index is 0. The van der Waals surface area contributed by atoms with Gasteiger partial charge in [0, 0.05) is 17.4 Å². The second-order valence-electron chi connectivity index (χ2n) is 4.73. The molecule has 0 spiro atoms. The van der Waals surface area contributed by atoms with Gasteiger partial charge in [0.25, 0.3) is 5.56 Å². The maximum Gasteiger partial charge on any atom is 1.00 e. The average Bonchev–Trinajstić information content (AvgIpc) is 2.85. The summed E-state index contributed by atoms with van der Waals surface area (Å²) in [4.78, 5) is 23.3. The van der Waals surface area contributed by atoms with Gasteiger partial charge in [-0.1, -0.05) is 30.3 Å². The topological polar surface area (TPSA) is 62.1 Å². The van der Waals surface area contributed by atoms with Crippen LogP contribution in [0, 0.1) is 6.92 Å². The Hall–Kier alpha value is -1.41. The predicted molar refractivity (Wildman–Crippen MR) is 75.6 cm³/mol. The number of fused-ring (bicyclic) bond motifs is 1. The quantitative estimate of drug-likeness (QED) is 0.615. The Morgan fingerprint density at radius 1 is 1.33 bits per heavy atom. The number of carbonyl (C=O) groups is 1. The molecule has 1 aliphatic heterocycles. The summed E-state index contributed by atoms with van der Waals surface area (Å²) < 4.78 is 1.34. The van der Waals surface area contributed by atoms with Gasteiger partial charge in [0.05, 0.1) is 17.0 Å². The third-order valence-electron chi connectivity index (χ3n) is 3.43. The first-order valence-electron chi connectivity index (χ1n) is 6.25. The molecule has 0 N–H and O–H groups in total. The van der Waals surface area contributed by atoms with Crippen molar-refractivity contribution in [2.75, 3.05) is 5.75 Å². The van der Waals surface area contributed by atoms with E-state index in [0.29, 0.717) is 5.75 Å². The molecule has 0 saturated carbocycles. The van der Waals surface area contributed by atoms with Crippen LogP contribution in [0.15, 0.2) is 46.2 Å². The third kappa shape index (κ3) is 2.69. The number of aryl methyl sites for hydroxylation is 1. The summed E-state index contributed by atoms with van der Waals surface area (Å²) >= 11 is 1.40. The molecular weight excluding hydrogens is 281 g/mol. The molecule has 0 aliphatic carbocycles. The van der Waals surface area contributed by atoms with Crippen LogP contribution in [0.1, 0.15) is 11.6 Å². The molecule has 1 aromatic heterocycles. The molecule has 1 atom stereocenters. The van der Waals surface area contributed by atoms with Crippen LogP contribution in [-0.4, -0.2) is 16.3 Å². The normalized spacial score (nSPS) is 16.1. The molecule has 1 aromatic carbocycles. The van der Waals surface area contributed by atoms with Gasteiger partial charge in [-0.3, -0.25) is 9.36 Å². The van der Waals surface area contributed by atoms with Gasteiger partial charge in [0.2, 0.25) is 0 Å². The molecule has 21 heavy (non-hydrogen) atoms. The number of aliphatic carboxylic acids is 1. The summed E-state index contributed by atoms with van der Waals surface area (Å²) in [6.45, 7) is 1.87. The van der Waals surface area contributed by atoms with Crippen molar-refractivity contribution >= 4 is 17.7 Å². The van der Waals surface area contributed by atoms with Crippen molar-refractivity contribution in [3.8, 4) is 11.1 Å². The van der Waals surface area contributed by atoms with Gasteiger partial charge >= 0.3 is 18.9 Å². The minimum Gasteiger partial charge on any atom is -0.548 e. The number of nitrogens with zero attached hydrogens (tertiary/aromatic N) is 1. The summed E-state index contributed by atoms with van der Waals surface area (Å²) in [5.74, 6) is -0.873. The molecule has 4 nitrogen and oxygen atoms in total. The first kappa shape index (κ1) is 16.0. The summed E-state index contributed by atoms with van der Waals surface area (Å²) in [5.41, 5.74) is 2.49. The molecule has 1 aliphatic rings. The van der Waals surface area contributed by atoms with Crippen molar-refractivity contribution < 1.29 is 28.8 Å². The Morgan fingerprint density at radius 3 is 2.62 bits per heavy atom. The van der Waals surface area contributed by atoms with E-state index in [1.54, 1.807) is 0 Å². The molecular formula is C15H12LiNO3S. The Labute approximate surface area is 138 Å². The average molecular weight is 293 g/mol. The molecule has 0 bridgehead atoms. The number of benzene rings is 1. The second-order valence-corrected chi connectivity index (χ2v) is 5.74. The fraction of sp³-hybridized carbons (Fsp3) is 0.200. The molecule has 0 fully saturated rings. The molecule has 0 saturated heterocycles. The van der Waals surface area contributed by atoms with Gasteiger partial charge < -0.3 is 9.90 Å². The Kier molecular flexibility index (Phi) is 4.67. The van der Waals surface area contributed by atoms with Crippen LogP contribution in [0.25, 0.3) is 11.1 Å². The largest absolute Gasteiger partial charge is 1.00 e. The smallest absolute Gasteiger partial charge is 0.548 e. The van der Waals surface area contributed by atoms with Gasteiger partial charge in [-0.25, -0.2) is 0 Å². The van der Waals surface area contributed by atoms with Crippen LogP contribution in [0.2, 0.25) is 0 Å². The van der Waals surface area contributed by atoms with Crippen molar-refractivity contribution in [1.82, 2.24) is 4.57 Å². The monoisotopic (exact) mass is 293 g/mol. The van der Waals surface area contributed by atoms with Gasteiger partial charge in [-0.2, -0.15) is 0 Å². The zero-order valence-electron chi connectivity index (χ0n) is 11.8. The second kappa shape index (κ2) is 6.15. The van der Waals surface area contributed by atoms with Crippen LogP contribution in [0.5, 0.6) is 0 Å². The standard InChI is InChI=1S/C15H13NO3S.Li/c1-9-7-12(17)16-11(15(18)19)8-20-14(16)13(9)10-5-3-2-4-6-10;/h2-7,11H,8H2,1H3,(H,18,19);/q;+1/p-1/t11-;/m0./s1. The van der Waals surface area contributed by atoms with E-state index in [9.17, 15) is 14.7 Å². The zero-order chi connectivity index (χ0) is 14.3. The number of carboxylic acid groups (broad SMARTS) is 1. The maximum atomic E-state index is 12.1. The van der Waals surface area contributed by atoms with Crippen molar-refractivity contribution in [3.05, 3.63) is 52.3 Å². The predicted octanol–water partition coefficient (Wildman–Crippen LogP) is -1.78. The van der Waals surface area contributed by atoms with Crippen molar-refractivity contribution in [3.63, 3.8) is 0 Å². The van der Waals surface area contributed by atoms with E-state index < -0.39 is 12.0 Å². The van der Waals surface area contributed by atoms with Crippen LogP contribution in [0.4, 0.5) is 0 Å². The van der Waals surface area contributed by atoms with E-state index in [2.05, 4.69) is 0 Å². The first-order valence-corrected chi connectivity index (χ1v) is 7.23. The fourth-order valence-electron chi connectivity index (χ4n) is 2.51. The number of carbonyl (C=O) groups excluding carboxylic acids is 1. The first-order chi connectivity index (χ1) is 9.59. The number of thioether (sulfide) groups is 1. The molecule has 0 amide bonds. The van der Waals surface area contributed by atoms with E-state index in [0.717, 1.165) is 21.7 Å². The molecule has 6 heteroatoms. The molecule has 2 heterocycles. The van der Waals surface area contributed by atoms with E-state index >= 15 is 0 Å². The van der Waals surface area contributed by atoms with Crippen LogP contribution >= 0.6 is 11.8 Å². The van der Waals surface area contributed by atoms with Crippen molar-refractivity contribution in [1.29, 1.82) is 0 Å². The Morgan fingerprint density at radius 2 is 2.00 bits per heavy atom. The molecule has 3 rings (SSSR count). The van der Waals surface area contributed by atoms with Crippen LogP contribution < -0.4 is 29.5 Å². The van der Waals surface area contributed by atoms with E-state index in [4.69, 9.17) is 0 Å². The third-order valence-corrected chi connectivity index (χ3v) is 4.59. The number of rotatable bonds is 2. The van der Waals surface area contributed by atoms with Crippen molar-refractivity contribution in [2.45, 2.75) is 18.0 Å². The minimum atomic E-state index is -1.21. The van der Waals surface area contributed by atoms with E-state index in [1.165, 1.54) is 22.4 Å². The number of hydrogen-bond acceptors (Lipinski definition) is 4. The SMILES string of the molecule is Cc1cc(=O)n2c(c1-c1ccccc1)SC[C@H]2C(=O)[O-].[Li+]. The van der Waals surface area contributed by atoms with Crippen molar-refractivity contribution in [2.24, 2.45) is 0 Å². The van der Waals surface area contributed by atoms with Gasteiger partial charge in [-0.05, 0) is 18.1 Å². The van der Waals surface area contributed by atoms with Crippen LogP contribution in [-0.2, 0) is 4.79 Å². The molecule has 0 radical (unpaired) electrons. The van der Waals surface area contributed by atoms with E-state index in [1.807, 2.05) is 37.3 Å². The van der Waals surface area contributed by atoms with Gasteiger partial charge in [0.1, 0.15) is 0 Å². The Balaban J connectivity index is 0.00000161. The summed E-state index contributed by atoms with van der Waals surface area (Å²) in [6, 6.07) is 10.3. The number of carboxylic acids is 1. The van der Waals surface area contributed by atoms with Gasteiger partial charge in [-0.15, -0.1) is 11.8 Å². The number of hydrogen-bond donors (Lipinski definition) is 0. The van der Waals surface area contributed by atoms with Gasteiger partial charge in [0.15, 0.2) is 0 Å². The van der Waals surface area contributed by atoms with E-state index in [-0.39, 0.29) is 24.4 Å². The summed E-state index contributed by atoms with van der Waals surface area (Å²) in [7, 11) is 0. The number of aromatic nitrogens is 1. The number of pyridine rings is 1. The summed E-state index contributed by atoms with van der Waals surface area (Å²) in [6.07, 6.45) is 0. The van der Waals surface area contributed by atoms with Crippen LogP contribution in [0.3, 0.4) is 0 Å². The fourth-order valence-corrected chi connectivity index (χ4v) is 3.90. The zero-order valence-corrected chi connectivity index (χ0v) is 12.6. The Bertz CT molecular complexity index is 743. The molecule has 102 valence electrons. The molecule has 2 aromatic rings.